The minimum Gasteiger partial charge on any atom is -0.368 e. The molecule has 0 spiro atoms. The molecule has 2 unspecified atom stereocenters. The summed E-state index contributed by atoms with van der Waals surface area (Å²) in [5.41, 5.74) is 8.10. The molecule has 0 fully saturated rings. The number of halogens is 1. The smallest absolute Gasteiger partial charge is 0.222 e. The standard InChI is InChI=1S/C13H24N2O.C10H8ClNO/c1-4-6-11(8-7-10(3)5-2)12-9-13(14)16-15-12;1-6(13)10-5-7-8(11)3-2-4-9(7)12-10/h9-11H,4-8,14H2,1-3H3;2-5,12H,1H3. The van der Waals surface area contributed by atoms with E-state index in [0.717, 1.165) is 22.5 Å². The topological polar surface area (TPSA) is 84.9 Å². The average molecular weight is 418 g/mol. The van der Waals surface area contributed by atoms with Crippen molar-refractivity contribution in [1.82, 2.24) is 10.1 Å². The van der Waals surface area contributed by atoms with Crippen LogP contribution in [0.15, 0.2) is 34.9 Å². The fourth-order valence-electron chi connectivity index (χ4n) is 3.28. The van der Waals surface area contributed by atoms with Gasteiger partial charge in [-0.25, -0.2) is 0 Å². The van der Waals surface area contributed by atoms with Crippen molar-refractivity contribution in [3.63, 3.8) is 0 Å². The summed E-state index contributed by atoms with van der Waals surface area (Å²) >= 11 is 5.94. The molecule has 6 heteroatoms. The van der Waals surface area contributed by atoms with Crippen LogP contribution in [0.5, 0.6) is 0 Å². The van der Waals surface area contributed by atoms with E-state index < -0.39 is 0 Å². The van der Waals surface area contributed by atoms with Gasteiger partial charge in [0.15, 0.2) is 5.78 Å². The maximum atomic E-state index is 11.1. The molecule has 0 amide bonds. The van der Waals surface area contributed by atoms with Gasteiger partial charge in [0.25, 0.3) is 0 Å². The Morgan fingerprint density at radius 2 is 2.00 bits per heavy atom. The molecule has 29 heavy (non-hydrogen) atoms. The van der Waals surface area contributed by atoms with Crippen LogP contribution < -0.4 is 5.73 Å². The van der Waals surface area contributed by atoms with Crippen LogP contribution in [0.3, 0.4) is 0 Å². The number of hydrogen-bond acceptors (Lipinski definition) is 4. The SMILES string of the molecule is CC(=O)c1cc2c(Cl)cccc2[nH]1.CCCC(CCC(C)CC)c1cc(N)on1. The molecular weight excluding hydrogens is 386 g/mol. The maximum absolute atomic E-state index is 11.1. The third-order valence-electron chi connectivity index (χ3n) is 5.30. The summed E-state index contributed by atoms with van der Waals surface area (Å²) in [5.74, 6) is 1.76. The zero-order chi connectivity index (χ0) is 21.4. The molecule has 3 rings (SSSR count). The van der Waals surface area contributed by atoms with E-state index in [1.807, 2.05) is 24.3 Å². The van der Waals surface area contributed by atoms with Crippen molar-refractivity contribution in [2.75, 3.05) is 5.73 Å². The van der Waals surface area contributed by atoms with Crippen molar-refractivity contribution in [3.8, 4) is 0 Å². The van der Waals surface area contributed by atoms with E-state index in [0.29, 0.717) is 22.5 Å². The van der Waals surface area contributed by atoms with Crippen LogP contribution in [-0.4, -0.2) is 15.9 Å². The van der Waals surface area contributed by atoms with Gasteiger partial charge in [-0.1, -0.05) is 62.9 Å². The van der Waals surface area contributed by atoms with Crippen LogP contribution in [0.4, 0.5) is 5.88 Å². The third kappa shape index (κ3) is 6.64. The van der Waals surface area contributed by atoms with E-state index in [1.165, 1.54) is 39.0 Å². The number of anilines is 1. The summed E-state index contributed by atoms with van der Waals surface area (Å²) in [6.07, 6.45) is 6.04. The summed E-state index contributed by atoms with van der Waals surface area (Å²) in [6, 6.07) is 9.21. The lowest BCUT2D eigenvalue weighted by Crippen LogP contribution is -2.02. The van der Waals surface area contributed by atoms with Crippen LogP contribution in [0.25, 0.3) is 10.9 Å². The highest BCUT2D eigenvalue weighted by Crippen LogP contribution is 2.28. The van der Waals surface area contributed by atoms with Crippen LogP contribution in [0.2, 0.25) is 5.02 Å². The molecule has 0 aliphatic heterocycles. The quantitative estimate of drug-likeness (QED) is 0.386. The van der Waals surface area contributed by atoms with Gasteiger partial charge in [-0.3, -0.25) is 4.79 Å². The van der Waals surface area contributed by atoms with E-state index in [-0.39, 0.29) is 5.78 Å². The summed E-state index contributed by atoms with van der Waals surface area (Å²) in [4.78, 5) is 14.1. The number of hydrogen-bond donors (Lipinski definition) is 2. The first-order valence-electron chi connectivity index (χ1n) is 10.4. The molecule has 0 bridgehead atoms. The van der Waals surface area contributed by atoms with Gasteiger partial charge < -0.3 is 15.2 Å². The predicted molar refractivity (Wildman–Crippen MR) is 121 cm³/mol. The average Bonchev–Trinajstić information content (AvgIpc) is 3.32. The molecule has 0 aliphatic carbocycles. The lowest BCUT2D eigenvalue weighted by Gasteiger charge is -2.15. The van der Waals surface area contributed by atoms with E-state index in [1.54, 1.807) is 6.07 Å². The highest BCUT2D eigenvalue weighted by Gasteiger charge is 2.16. The second-order valence-corrected chi connectivity index (χ2v) is 8.08. The van der Waals surface area contributed by atoms with Crippen molar-refractivity contribution in [2.24, 2.45) is 5.92 Å². The minimum atomic E-state index is 0.0206. The molecule has 1 aromatic carbocycles. The Balaban J connectivity index is 0.000000211. The van der Waals surface area contributed by atoms with Crippen molar-refractivity contribution in [1.29, 1.82) is 0 Å². The number of carbonyl (C=O) groups excluding carboxylic acids is 1. The number of nitrogens with one attached hydrogen (secondary N) is 1. The highest BCUT2D eigenvalue weighted by atomic mass is 35.5. The van der Waals surface area contributed by atoms with Crippen LogP contribution in [0, 0.1) is 5.92 Å². The lowest BCUT2D eigenvalue weighted by atomic mass is 9.90. The van der Waals surface area contributed by atoms with Crippen molar-refractivity contribution in [2.45, 2.75) is 65.7 Å². The van der Waals surface area contributed by atoms with Gasteiger partial charge in [0, 0.05) is 34.8 Å². The number of H-pyrrole nitrogens is 1. The summed E-state index contributed by atoms with van der Waals surface area (Å²) in [5, 5.41) is 5.60. The molecule has 0 saturated heterocycles. The van der Waals surface area contributed by atoms with E-state index in [9.17, 15) is 4.79 Å². The first kappa shape index (κ1) is 23.0. The van der Waals surface area contributed by atoms with E-state index in [4.69, 9.17) is 21.9 Å². The number of Topliss-reactive ketones (excluding diaryl/α,β-unsaturated/α-hetero) is 1. The highest BCUT2D eigenvalue weighted by molar-refractivity contribution is 6.35. The number of fused-ring (bicyclic) bond motifs is 1. The van der Waals surface area contributed by atoms with E-state index >= 15 is 0 Å². The molecule has 0 aliphatic rings. The Labute approximate surface area is 178 Å². The molecule has 158 valence electrons. The fourth-order valence-corrected chi connectivity index (χ4v) is 3.51. The molecule has 0 saturated carbocycles. The van der Waals surface area contributed by atoms with Gasteiger partial charge in [0.05, 0.1) is 11.4 Å². The minimum absolute atomic E-state index is 0.0206. The molecule has 2 aromatic heterocycles. The molecule has 3 aromatic rings. The number of nitrogen functional groups attached to an aromatic ring is 1. The maximum Gasteiger partial charge on any atom is 0.222 e. The monoisotopic (exact) mass is 417 g/mol. The molecular formula is C23H32ClN3O2. The Kier molecular flexibility index (Phi) is 8.77. The second-order valence-electron chi connectivity index (χ2n) is 7.67. The van der Waals surface area contributed by atoms with Gasteiger partial charge >= 0.3 is 0 Å². The number of benzene rings is 1. The van der Waals surface area contributed by atoms with Crippen molar-refractivity contribution in [3.05, 3.63) is 46.7 Å². The molecule has 3 N–H and O–H groups in total. The number of rotatable bonds is 8. The first-order chi connectivity index (χ1) is 13.8. The zero-order valence-electron chi connectivity index (χ0n) is 17.8. The van der Waals surface area contributed by atoms with Crippen molar-refractivity contribution < 1.29 is 9.32 Å². The number of aromatic amines is 1. The Bertz CT molecular complexity index is 916. The summed E-state index contributed by atoms with van der Waals surface area (Å²) in [7, 11) is 0. The Hall–Kier alpha value is -2.27. The predicted octanol–water partition coefficient (Wildman–Crippen LogP) is 6.99. The van der Waals surface area contributed by atoms with Crippen LogP contribution in [-0.2, 0) is 0 Å². The largest absolute Gasteiger partial charge is 0.368 e. The number of aromatic nitrogens is 2. The van der Waals surface area contributed by atoms with Gasteiger partial charge in [0.2, 0.25) is 5.88 Å². The van der Waals surface area contributed by atoms with Gasteiger partial charge in [-0.05, 0) is 37.0 Å². The number of nitrogens with two attached hydrogens (primary N) is 1. The lowest BCUT2D eigenvalue weighted by molar-refractivity contribution is 0.101. The zero-order valence-corrected chi connectivity index (χ0v) is 18.6. The van der Waals surface area contributed by atoms with Gasteiger partial charge in [0.1, 0.15) is 0 Å². The Morgan fingerprint density at radius 1 is 1.24 bits per heavy atom. The van der Waals surface area contributed by atoms with Crippen molar-refractivity contribution >= 4 is 34.2 Å². The third-order valence-corrected chi connectivity index (χ3v) is 5.63. The number of carbonyl (C=O) groups is 1. The first-order valence-corrected chi connectivity index (χ1v) is 10.7. The van der Waals surface area contributed by atoms with Crippen LogP contribution in [0.1, 0.15) is 81.9 Å². The molecule has 5 nitrogen and oxygen atoms in total. The van der Waals surface area contributed by atoms with E-state index in [2.05, 4.69) is 30.9 Å². The number of ketones is 1. The molecule has 2 atom stereocenters. The molecule has 0 radical (unpaired) electrons. The number of nitrogens with zero attached hydrogens (tertiary/aromatic N) is 1. The van der Waals surface area contributed by atoms with Gasteiger partial charge in [-0.15, -0.1) is 0 Å². The summed E-state index contributed by atoms with van der Waals surface area (Å²) in [6.45, 7) is 8.28. The molecule has 2 heterocycles. The second kappa shape index (κ2) is 11.1. The fraction of sp³-hybridized carbons (Fsp3) is 0.478. The van der Waals surface area contributed by atoms with Gasteiger partial charge in [-0.2, -0.15) is 0 Å². The van der Waals surface area contributed by atoms with Crippen LogP contribution >= 0.6 is 11.6 Å². The summed E-state index contributed by atoms with van der Waals surface area (Å²) < 4.78 is 4.95. The normalized spacial score (nSPS) is 13.0. The Morgan fingerprint density at radius 3 is 2.55 bits per heavy atom.